The summed E-state index contributed by atoms with van der Waals surface area (Å²) in [5.41, 5.74) is 0. The molecule has 5 heteroatoms. The lowest BCUT2D eigenvalue weighted by molar-refractivity contribution is 0.507. The van der Waals surface area contributed by atoms with E-state index < -0.39 is 0 Å². The van der Waals surface area contributed by atoms with Crippen molar-refractivity contribution in [3.8, 4) is 0 Å². The van der Waals surface area contributed by atoms with Crippen LogP contribution in [-0.2, 0) is 13.5 Å². The molecule has 1 heterocycles. The second-order valence-corrected chi connectivity index (χ2v) is 7.08. The van der Waals surface area contributed by atoms with Gasteiger partial charge in [0.2, 0.25) is 0 Å². The first-order valence-corrected chi connectivity index (χ1v) is 9.02. The zero-order valence-electron chi connectivity index (χ0n) is 12.8. The van der Waals surface area contributed by atoms with Crippen LogP contribution >= 0.6 is 11.8 Å². The van der Waals surface area contributed by atoms with Gasteiger partial charge in [0.05, 0.1) is 0 Å². The molecule has 1 aliphatic rings. The van der Waals surface area contributed by atoms with Gasteiger partial charge in [-0.3, -0.25) is 4.68 Å². The molecule has 0 spiro atoms. The normalized spacial score (nSPS) is 18.3. The van der Waals surface area contributed by atoms with Crippen LogP contribution < -0.4 is 5.32 Å². The molecule has 0 aliphatic heterocycles. The van der Waals surface area contributed by atoms with E-state index in [9.17, 15) is 0 Å². The van der Waals surface area contributed by atoms with Gasteiger partial charge in [-0.15, -0.1) is 0 Å². The van der Waals surface area contributed by atoms with Crippen molar-refractivity contribution in [1.82, 2.24) is 20.1 Å². The third-order valence-corrected chi connectivity index (χ3v) is 5.54. The average molecular weight is 296 g/mol. The Balaban J connectivity index is 1.81. The number of rotatable bonds is 8. The Morgan fingerprint density at radius 3 is 2.85 bits per heavy atom. The van der Waals surface area contributed by atoms with Crippen LogP contribution in [0, 0.1) is 0 Å². The molecule has 1 aliphatic carbocycles. The van der Waals surface area contributed by atoms with E-state index in [1.54, 1.807) is 6.33 Å². The number of aryl methyl sites for hydroxylation is 1. The summed E-state index contributed by atoms with van der Waals surface area (Å²) in [5.74, 6) is 2.28. The largest absolute Gasteiger partial charge is 0.313 e. The molecule has 0 aromatic carbocycles. The van der Waals surface area contributed by atoms with E-state index in [0.29, 0.717) is 6.04 Å². The molecule has 0 saturated heterocycles. The molecule has 2 rings (SSSR count). The first kappa shape index (κ1) is 15.8. The van der Waals surface area contributed by atoms with Crippen molar-refractivity contribution in [3.05, 3.63) is 12.2 Å². The maximum atomic E-state index is 4.36. The predicted octanol–water partition coefficient (Wildman–Crippen LogP) is 2.79. The number of nitrogens with one attached hydrogen (secondary N) is 1. The second-order valence-electron chi connectivity index (χ2n) is 5.75. The van der Waals surface area contributed by atoms with Crippen LogP contribution in [0.3, 0.4) is 0 Å². The highest BCUT2D eigenvalue weighted by Crippen LogP contribution is 2.28. The molecule has 1 aromatic heterocycles. The zero-order valence-corrected chi connectivity index (χ0v) is 13.7. The van der Waals surface area contributed by atoms with Crippen molar-refractivity contribution in [2.45, 2.75) is 63.2 Å². The van der Waals surface area contributed by atoms with E-state index >= 15 is 0 Å². The fourth-order valence-electron chi connectivity index (χ4n) is 2.75. The lowest BCUT2D eigenvalue weighted by atomic mass is 10.0. The summed E-state index contributed by atoms with van der Waals surface area (Å²) in [7, 11) is 1.98. The summed E-state index contributed by atoms with van der Waals surface area (Å²) in [6.45, 7) is 3.31. The van der Waals surface area contributed by atoms with Crippen molar-refractivity contribution in [1.29, 1.82) is 0 Å². The fourth-order valence-corrected chi connectivity index (χ4v) is 4.15. The Labute approximate surface area is 127 Å². The van der Waals surface area contributed by atoms with Gasteiger partial charge < -0.3 is 5.32 Å². The van der Waals surface area contributed by atoms with Gasteiger partial charge in [-0.25, -0.2) is 4.98 Å². The van der Waals surface area contributed by atoms with Crippen LogP contribution in [0.25, 0.3) is 0 Å². The molecule has 1 unspecified atom stereocenters. The maximum Gasteiger partial charge on any atom is 0.138 e. The standard InChI is InChI=1S/C15H28N4S/c1-3-9-16-13(10-15-17-12-18-19(15)2)11-20-14-7-5-4-6-8-14/h12-14,16H,3-11H2,1-2H3. The minimum Gasteiger partial charge on any atom is -0.313 e. The highest BCUT2D eigenvalue weighted by atomic mass is 32.2. The third kappa shape index (κ3) is 5.09. The minimum atomic E-state index is 0.518. The Hall–Kier alpha value is -0.550. The van der Waals surface area contributed by atoms with Crippen molar-refractivity contribution in [2.24, 2.45) is 7.05 Å². The number of nitrogens with zero attached hydrogens (tertiary/aromatic N) is 3. The van der Waals surface area contributed by atoms with Crippen LogP contribution in [-0.4, -0.2) is 38.4 Å². The number of aromatic nitrogens is 3. The predicted molar refractivity (Wildman–Crippen MR) is 86.1 cm³/mol. The molecule has 114 valence electrons. The van der Waals surface area contributed by atoms with E-state index in [1.165, 1.54) is 44.3 Å². The minimum absolute atomic E-state index is 0.518. The first-order valence-electron chi connectivity index (χ1n) is 7.97. The Morgan fingerprint density at radius 2 is 2.20 bits per heavy atom. The van der Waals surface area contributed by atoms with Crippen LogP contribution in [0.4, 0.5) is 0 Å². The van der Waals surface area contributed by atoms with Gasteiger partial charge in [0, 0.05) is 30.5 Å². The van der Waals surface area contributed by atoms with E-state index in [2.05, 4.69) is 34.1 Å². The summed E-state index contributed by atoms with van der Waals surface area (Å²) in [6, 6.07) is 0.518. The Kier molecular flexibility index (Phi) is 6.87. The number of hydrogen-bond donors (Lipinski definition) is 1. The van der Waals surface area contributed by atoms with Crippen LogP contribution in [0.15, 0.2) is 6.33 Å². The molecule has 4 nitrogen and oxygen atoms in total. The van der Waals surface area contributed by atoms with Crippen LogP contribution in [0.5, 0.6) is 0 Å². The highest BCUT2D eigenvalue weighted by molar-refractivity contribution is 7.99. The van der Waals surface area contributed by atoms with Gasteiger partial charge >= 0.3 is 0 Å². The molecule has 1 saturated carbocycles. The molecular formula is C15H28N4S. The molecular weight excluding hydrogens is 268 g/mol. The monoisotopic (exact) mass is 296 g/mol. The molecule has 0 amide bonds. The van der Waals surface area contributed by atoms with E-state index in [4.69, 9.17) is 0 Å². The number of thioether (sulfide) groups is 1. The average Bonchev–Trinajstić information content (AvgIpc) is 2.88. The molecule has 1 aromatic rings. The Bertz CT molecular complexity index is 374. The van der Waals surface area contributed by atoms with Crippen LogP contribution in [0.2, 0.25) is 0 Å². The molecule has 0 radical (unpaired) electrons. The molecule has 1 fully saturated rings. The SMILES string of the molecule is CCCNC(CSC1CCCCC1)Cc1ncnn1C. The quantitative estimate of drug-likeness (QED) is 0.801. The second kappa shape index (κ2) is 8.67. The topological polar surface area (TPSA) is 42.7 Å². The third-order valence-electron chi connectivity index (χ3n) is 4.00. The van der Waals surface area contributed by atoms with Gasteiger partial charge in [0.15, 0.2) is 0 Å². The van der Waals surface area contributed by atoms with Crippen molar-refractivity contribution >= 4 is 11.8 Å². The van der Waals surface area contributed by atoms with Gasteiger partial charge in [-0.2, -0.15) is 16.9 Å². The lowest BCUT2D eigenvalue weighted by Crippen LogP contribution is -2.35. The molecule has 0 bridgehead atoms. The summed E-state index contributed by atoms with van der Waals surface area (Å²) in [4.78, 5) is 4.36. The Morgan fingerprint density at radius 1 is 1.40 bits per heavy atom. The summed E-state index contributed by atoms with van der Waals surface area (Å²) < 4.78 is 1.89. The lowest BCUT2D eigenvalue weighted by Gasteiger charge is -2.24. The van der Waals surface area contributed by atoms with Gasteiger partial charge in [-0.05, 0) is 25.8 Å². The van der Waals surface area contributed by atoms with Gasteiger partial charge in [-0.1, -0.05) is 26.2 Å². The van der Waals surface area contributed by atoms with Crippen molar-refractivity contribution in [2.75, 3.05) is 12.3 Å². The van der Waals surface area contributed by atoms with E-state index in [0.717, 1.165) is 24.0 Å². The highest BCUT2D eigenvalue weighted by Gasteiger charge is 2.18. The van der Waals surface area contributed by atoms with Crippen LogP contribution in [0.1, 0.15) is 51.3 Å². The van der Waals surface area contributed by atoms with Crippen molar-refractivity contribution < 1.29 is 0 Å². The fraction of sp³-hybridized carbons (Fsp3) is 0.867. The maximum absolute atomic E-state index is 4.36. The smallest absolute Gasteiger partial charge is 0.138 e. The summed E-state index contributed by atoms with van der Waals surface area (Å²) in [5, 5.41) is 8.73. The van der Waals surface area contributed by atoms with Gasteiger partial charge in [0.1, 0.15) is 12.2 Å². The summed E-state index contributed by atoms with van der Waals surface area (Å²) >= 11 is 2.16. The van der Waals surface area contributed by atoms with E-state index in [-0.39, 0.29) is 0 Å². The molecule has 1 N–H and O–H groups in total. The first-order chi connectivity index (χ1) is 9.79. The summed E-state index contributed by atoms with van der Waals surface area (Å²) in [6.07, 6.45) is 10.9. The zero-order chi connectivity index (χ0) is 14.2. The van der Waals surface area contributed by atoms with Gasteiger partial charge in [0.25, 0.3) is 0 Å². The van der Waals surface area contributed by atoms with Crippen molar-refractivity contribution in [3.63, 3.8) is 0 Å². The van der Waals surface area contributed by atoms with E-state index in [1.807, 2.05) is 11.7 Å². The molecule has 1 atom stereocenters. The molecule has 20 heavy (non-hydrogen) atoms. The number of hydrogen-bond acceptors (Lipinski definition) is 4.